The van der Waals surface area contributed by atoms with E-state index in [1.807, 2.05) is 0 Å². The van der Waals surface area contributed by atoms with E-state index in [0.717, 1.165) is 19.3 Å². The first kappa shape index (κ1) is 14.2. The van der Waals surface area contributed by atoms with Crippen LogP contribution in [0, 0.1) is 26.7 Å². The lowest BCUT2D eigenvalue weighted by atomic mass is 9.93. The Morgan fingerprint density at radius 3 is 2.06 bits per heavy atom. The fraction of sp³-hybridized carbons (Fsp3) is 0.625. The minimum atomic E-state index is 0.343. The van der Waals surface area contributed by atoms with Gasteiger partial charge in [0.2, 0.25) is 0 Å². The zero-order chi connectivity index (χ0) is 13.0. The fourth-order valence-electron chi connectivity index (χ4n) is 2.66. The first-order chi connectivity index (χ1) is 7.90. The molecule has 0 spiro atoms. The molecule has 0 amide bonds. The van der Waals surface area contributed by atoms with Crippen LogP contribution in [0.1, 0.15) is 48.9 Å². The van der Waals surface area contributed by atoms with Gasteiger partial charge in [-0.15, -0.1) is 0 Å². The topological polar surface area (TPSA) is 26.0 Å². The highest BCUT2D eigenvalue weighted by molar-refractivity contribution is 5.37. The van der Waals surface area contributed by atoms with Crippen molar-refractivity contribution in [2.75, 3.05) is 0 Å². The molecule has 1 unspecified atom stereocenters. The molecular formula is C16H27N. The lowest BCUT2D eigenvalue weighted by Gasteiger charge is -2.16. The van der Waals surface area contributed by atoms with E-state index in [1.54, 1.807) is 0 Å². The smallest absolute Gasteiger partial charge is 0.00444 e. The SMILES string of the molecule is Cc1cc(C)c(CCC(N)CC(C)C)c(C)c1. The quantitative estimate of drug-likeness (QED) is 0.819. The maximum Gasteiger partial charge on any atom is 0.00444 e. The molecule has 0 saturated carbocycles. The molecule has 96 valence electrons. The van der Waals surface area contributed by atoms with Crippen LogP contribution in [0.15, 0.2) is 12.1 Å². The van der Waals surface area contributed by atoms with Crippen LogP contribution in [0.4, 0.5) is 0 Å². The normalized spacial score (nSPS) is 13.1. The molecule has 0 fully saturated rings. The zero-order valence-electron chi connectivity index (χ0n) is 12.0. The van der Waals surface area contributed by atoms with Crippen LogP contribution in [0.5, 0.6) is 0 Å². The average Bonchev–Trinajstić information content (AvgIpc) is 2.14. The molecule has 1 nitrogen and oxygen atoms in total. The highest BCUT2D eigenvalue weighted by Crippen LogP contribution is 2.19. The second kappa shape index (κ2) is 6.20. The van der Waals surface area contributed by atoms with Gasteiger partial charge in [-0.2, -0.15) is 0 Å². The first-order valence-electron chi connectivity index (χ1n) is 6.72. The van der Waals surface area contributed by atoms with Gasteiger partial charge in [0.1, 0.15) is 0 Å². The van der Waals surface area contributed by atoms with Gasteiger partial charge in [-0.3, -0.25) is 0 Å². The van der Waals surface area contributed by atoms with Crippen LogP contribution in [-0.2, 0) is 6.42 Å². The molecule has 0 bridgehead atoms. The molecule has 0 aromatic heterocycles. The molecule has 0 heterocycles. The number of rotatable bonds is 5. The molecule has 1 rings (SSSR count). The second-order valence-corrected chi connectivity index (χ2v) is 5.81. The van der Waals surface area contributed by atoms with E-state index in [2.05, 4.69) is 46.8 Å². The third kappa shape index (κ3) is 4.51. The Kier molecular flexibility index (Phi) is 5.20. The third-order valence-corrected chi connectivity index (χ3v) is 3.38. The average molecular weight is 233 g/mol. The van der Waals surface area contributed by atoms with Crippen LogP contribution in [-0.4, -0.2) is 6.04 Å². The summed E-state index contributed by atoms with van der Waals surface area (Å²) < 4.78 is 0. The van der Waals surface area contributed by atoms with Crippen LogP contribution >= 0.6 is 0 Å². The number of nitrogens with two attached hydrogens (primary N) is 1. The molecule has 1 aromatic carbocycles. The Balaban J connectivity index is 2.63. The van der Waals surface area contributed by atoms with Crippen LogP contribution in [0.2, 0.25) is 0 Å². The van der Waals surface area contributed by atoms with E-state index in [0.29, 0.717) is 12.0 Å². The van der Waals surface area contributed by atoms with Gasteiger partial charge < -0.3 is 5.73 Å². The number of hydrogen-bond donors (Lipinski definition) is 1. The predicted octanol–water partition coefficient (Wildman–Crippen LogP) is 3.92. The van der Waals surface area contributed by atoms with Crippen molar-refractivity contribution in [3.8, 4) is 0 Å². The van der Waals surface area contributed by atoms with E-state index in [1.165, 1.54) is 22.3 Å². The third-order valence-electron chi connectivity index (χ3n) is 3.38. The first-order valence-corrected chi connectivity index (χ1v) is 6.72. The van der Waals surface area contributed by atoms with Gasteiger partial charge in [0.15, 0.2) is 0 Å². The van der Waals surface area contributed by atoms with Gasteiger partial charge in [0.25, 0.3) is 0 Å². The number of benzene rings is 1. The second-order valence-electron chi connectivity index (χ2n) is 5.81. The minimum absolute atomic E-state index is 0.343. The maximum absolute atomic E-state index is 6.15. The Hall–Kier alpha value is -0.820. The van der Waals surface area contributed by atoms with E-state index in [-0.39, 0.29) is 0 Å². The summed E-state index contributed by atoms with van der Waals surface area (Å²) in [7, 11) is 0. The Labute approximate surface area is 106 Å². The van der Waals surface area contributed by atoms with E-state index >= 15 is 0 Å². The summed E-state index contributed by atoms with van der Waals surface area (Å²) in [6, 6.07) is 4.89. The van der Waals surface area contributed by atoms with E-state index < -0.39 is 0 Å². The molecule has 0 saturated heterocycles. The largest absolute Gasteiger partial charge is 0.328 e. The van der Waals surface area contributed by atoms with Crippen molar-refractivity contribution in [3.63, 3.8) is 0 Å². The van der Waals surface area contributed by atoms with Crippen molar-refractivity contribution in [3.05, 3.63) is 34.4 Å². The molecule has 0 aliphatic carbocycles. The summed E-state index contributed by atoms with van der Waals surface area (Å²) in [4.78, 5) is 0. The minimum Gasteiger partial charge on any atom is -0.328 e. The predicted molar refractivity (Wildman–Crippen MR) is 76.4 cm³/mol. The molecular weight excluding hydrogens is 206 g/mol. The van der Waals surface area contributed by atoms with Crippen LogP contribution in [0.25, 0.3) is 0 Å². The van der Waals surface area contributed by atoms with Gasteiger partial charge in [0.05, 0.1) is 0 Å². The Bertz CT molecular complexity index is 343. The van der Waals surface area contributed by atoms with Crippen molar-refractivity contribution in [1.82, 2.24) is 0 Å². The summed E-state index contributed by atoms with van der Waals surface area (Å²) in [5.41, 5.74) is 11.8. The van der Waals surface area contributed by atoms with Crippen molar-refractivity contribution < 1.29 is 0 Å². The van der Waals surface area contributed by atoms with E-state index in [9.17, 15) is 0 Å². The molecule has 0 radical (unpaired) electrons. The van der Waals surface area contributed by atoms with Crippen molar-refractivity contribution in [1.29, 1.82) is 0 Å². The zero-order valence-corrected chi connectivity index (χ0v) is 12.0. The summed E-state index contributed by atoms with van der Waals surface area (Å²) >= 11 is 0. The highest BCUT2D eigenvalue weighted by atomic mass is 14.6. The fourth-order valence-corrected chi connectivity index (χ4v) is 2.66. The summed E-state index contributed by atoms with van der Waals surface area (Å²) in [6.45, 7) is 11.1. The lowest BCUT2D eigenvalue weighted by molar-refractivity contribution is 0.473. The van der Waals surface area contributed by atoms with Gasteiger partial charge in [-0.1, -0.05) is 31.5 Å². The Morgan fingerprint density at radius 1 is 1.06 bits per heavy atom. The summed E-state index contributed by atoms with van der Waals surface area (Å²) in [5, 5.41) is 0. The van der Waals surface area contributed by atoms with Gasteiger partial charge >= 0.3 is 0 Å². The molecule has 1 heteroatoms. The molecule has 2 N–H and O–H groups in total. The van der Waals surface area contributed by atoms with E-state index in [4.69, 9.17) is 5.73 Å². The van der Waals surface area contributed by atoms with Crippen molar-refractivity contribution in [2.45, 2.75) is 59.9 Å². The van der Waals surface area contributed by atoms with Gasteiger partial charge in [-0.25, -0.2) is 0 Å². The van der Waals surface area contributed by atoms with Crippen molar-refractivity contribution in [2.24, 2.45) is 11.7 Å². The molecule has 1 atom stereocenters. The lowest BCUT2D eigenvalue weighted by Crippen LogP contribution is -2.23. The number of hydrogen-bond acceptors (Lipinski definition) is 1. The molecule has 17 heavy (non-hydrogen) atoms. The monoisotopic (exact) mass is 233 g/mol. The van der Waals surface area contributed by atoms with Gasteiger partial charge in [-0.05, 0) is 62.6 Å². The maximum atomic E-state index is 6.15. The van der Waals surface area contributed by atoms with Gasteiger partial charge in [0, 0.05) is 6.04 Å². The van der Waals surface area contributed by atoms with Crippen LogP contribution < -0.4 is 5.73 Å². The standard InChI is InChI=1S/C16H27N/c1-11(2)8-15(17)6-7-16-13(4)9-12(3)10-14(16)5/h9-11,15H,6-8,17H2,1-5H3. The Morgan fingerprint density at radius 2 is 1.59 bits per heavy atom. The molecule has 0 aliphatic heterocycles. The number of aryl methyl sites for hydroxylation is 3. The molecule has 0 aliphatic rings. The van der Waals surface area contributed by atoms with Crippen molar-refractivity contribution >= 4 is 0 Å². The van der Waals surface area contributed by atoms with Crippen LogP contribution in [0.3, 0.4) is 0 Å². The summed E-state index contributed by atoms with van der Waals surface area (Å²) in [5.74, 6) is 0.699. The highest BCUT2D eigenvalue weighted by Gasteiger charge is 2.09. The summed E-state index contributed by atoms with van der Waals surface area (Å²) in [6.07, 6.45) is 3.35. The molecule has 1 aromatic rings.